The molecule has 1 fully saturated rings. The normalized spacial score (nSPS) is 25.0. The third-order valence-electron chi connectivity index (χ3n) is 2.05. The topological polar surface area (TPSA) is 21.7 Å². The summed E-state index contributed by atoms with van der Waals surface area (Å²) < 4.78 is 5.45. The second kappa shape index (κ2) is 5.51. The number of rotatable bonds is 5. The average Bonchev–Trinajstić information content (AvgIpc) is 2.52. The first-order valence-corrected chi connectivity index (χ1v) is 4.89. The molecular weight excluding hydrogens is 154 g/mol. The lowest BCUT2D eigenvalue weighted by molar-refractivity contribution is -0.204. The Bertz CT molecular complexity index is 119. The smallest absolute Gasteiger partial charge is 0.132 e. The summed E-state index contributed by atoms with van der Waals surface area (Å²) in [5.41, 5.74) is 0. The van der Waals surface area contributed by atoms with Crippen molar-refractivity contribution in [1.29, 1.82) is 0 Å². The lowest BCUT2D eigenvalue weighted by Gasteiger charge is -2.20. The van der Waals surface area contributed by atoms with Crippen LogP contribution in [-0.2, 0) is 9.57 Å². The summed E-state index contributed by atoms with van der Waals surface area (Å²) in [6.45, 7) is 6.84. The van der Waals surface area contributed by atoms with Gasteiger partial charge in [0.15, 0.2) is 0 Å². The van der Waals surface area contributed by atoms with E-state index in [0.29, 0.717) is 0 Å². The Hall–Kier alpha value is -0.120. The number of unbranched alkanes of at least 4 members (excludes halogenated alkanes) is 1. The predicted molar refractivity (Wildman–Crippen MR) is 47.6 cm³/mol. The van der Waals surface area contributed by atoms with E-state index in [1.54, 1.807) is 0 Å². The Labute approximate surface area is 74.6 Å². The maximum absolute atomic E-state index is 5.56. The van der Waals surface area contributed by atoms with Crippen LogP contribution in [0, 0.1) is 0 Å². The lowest BCUT2D eigenvalue weighted by atomic mass is 10.4. The number of nitrogens with zero attached hydrogens (tertiary/aromatic N) is 1. The van der Waals surface area contributed by atoms with E-state index in [4.69, 9.17) is 9.57 Å². The van der Waals surface area contributed by atoms with E-state index < -0.39 is 0 Å². The van der Waals surface area contributed by atoms with Crippen molar-refractivity contribution in [2.45, 2.75) is 39.3 Å². The summed E-state index contributed by atoms with van der Waals surface area (Å²) in [5.74, 6) is 0. The van der Waals surface area contributed by atoms with Gasteiger partial charge in [-0.15, -0.1) is 0 Å². The van der Waals surface area contributed by atoms with Crippen LogP contribution in [-0.4, -0.2) is 31.0 Å². The Kier molecular flexibility index (Phi) is 4.58. The highest BCUT2D eigenvalue weighted by atomic mass is 16.7. The molecule has 0 spiro atoms. The molecule has 1 atom stereocenters. The van der Waals surface area contributed by atoms with E-state index in [1.165, 1.54) is 6.42 Å². The van der Waals surface area contributed by atoms with Crippen LogP contribution in [0.25, 0.3) is 0 Å². The molecule has 0 radical (unpaired) electrons. The minimum Gasteiger partial charge on any atom is -0.360 e. The van der Waals surface area contributed by atoms with Crippen molar-refractivity contribution in [2.24, 2.45) is 0 Å². The Morgan fingerprint density at radius 3 is 3.00 bits per heavy atom. The van der Waals surface area contributed by atoms with Gasteiger partial charge in [-0.1, -0.05) is 20.3 Å². The van der Waals surface area contributed by atoms with Crippen molar-refractivity contribution in [1.82, 2.24) is 5.06 Å². The van der Waals surface area contributed by atoms with Crippen molar-refractivity contribution in [3.05, 3.63) is 0 Å². The molecule has 1 heterocycles. The van der Waals surface area contributed by atoms with Gasteiger partial charge in [-0.05, 0) is 12.8 Å². The van der Waals surface area contributed by atoms with Crippen molar-refractivity contribution < 1.29 is 9.57 Å². The minimum atomic E-state index is 0.196. The van der Waals surface area contributed by atoms with Gasteiger partial charge in [-0.25, -0.2) is 0 Å². The highest BCUT2D eigenvalue weighted by molar-refractivity contribution is 4.59. The summed E-state index contributed by atoms with van der Waals surface area (Å²) in [4.78, 5) is 5.56. The molecule has 0 aromatic carbocycles. The third kappa shape index (κ3) is 2.73. The van der Waals surface area contributed by atoms with E-state index >= 15 is 0 Å². The largest absolute Gasteiger partial charge is 0.360 e. The summed E-state index contributed by atoms with van der Waals surface area (Å²) in [7, 11) is 0. The number of hydroxylamine groups is 2. The van der Waals surface area contributed by atoms with E-state index in [-0.39, 0.29) is 6.23 Å². The van der Waals surface area contributed by atoms with Gasteiger partial charge in [0.25, 0.3) is 0 Å². The number of hydrogen-bond donors (Lipinski definition) is 0. The fourth-order valence-electron chi connectivity index (χ4n) is 1.30. The zero-order valence-electron chi connectivity index (χ0n) is 8.08. The molecule has 1 saturated heterocycles. The SMILES string of the molecule is CCCCON1CCOC1CC. The Morgan fingerprint density at radius 1 is 1.50 bits per heavy atom. The van der Waals surface area contributed by atoms with Crippen LogP contribution in [0.4, 0.5) is 0 Å². The standard InChI is InChI=1S/C9H19NO2/c1-3-5-7-12-10-6-8-11-9(10)4-2/h9H,3-8H2,1-2H3. The fraction of sp³-hybridized carbons (Fsp3) is 1.00. The minimum absolute atomic E-state index is 0.196. The van der Waals surface area contributed by atoms with Gasteiger partial charge in [-0.2, -0.15) is 5.06 Å². The van der Waals surface area contributed by atoms with E-state index in [0.717, 1.165) is 32.6 Å². The van der Waals surface area contributed by atoms with E-state index in [2.05, 4.69) is 13.8 Å². The van der Waals surface area contributed by atoms with Gasteiger partial charge in [0, 0.05) is 0 Å². The van der Waals surface area contributed by atoms with Crippen LogP contribution in [0.15, 0.2) is 0 Å². The van der Waals surface area contributed by atoms with Crippen molar-refractivity contribution in [3.8, 4) is 0 Å². The molecule has 0 aromatic heterocycles. The monoisotopic (exact) mass is 173 g/mol. The second-order valence-corrected chi connectivity index (χ2v) is 3.06. The molecule has 72 valence electrons. The first kappa shape index (κ1) is 9.96. The van der Waals surface area contributed by atoms with Crippen LogP contribution in [0.2, 0.25) is 0 Å². The van der Waals surface area contributed by atoms with Crippen LogP contribution in [0.5, 0.6) is 0 Å². The molecular formula is C9H19NO2. The molecule has 0 aromatic rings. The maximum Gasteiger partial charge on any atom is 0.132 e. The van der Waals surface area contributed by atoms with Gasteiger partial charge in [0.2, 0.25) is 0 Å². The summed E-state index contributed by atoms with van der Waals surface area (Å²) in [6.07, 6.45) is 3.52. The molecule has 0 saturated carbocycles. The van der Waals surface area contributed by atoms with Crippen molar-refractivity contribution in [2.75, 3.05) is 19.8 Å². The first-order chi connectivity index (χ1) is 5.88. The molecule has 0 N–H and O–H groups in total. The van der Waals surface area contributed by atoms with E-state index in [1.807, 2.05) is 5.06 Å². The molecule has 1 unspecified atom stereocenters. The highest BCUT2D eigenvalue weighted by Gasteiger charge is 2.23. The highest BCUT2D eigenvalue weighted by Crippen LogP contribution is 2.13. The number of ether oxygens (including phenoxy) is 1. The van der Waals surface area contributed by atoms with Gasteiger partial charge in [0.1, 0.15) is 6.23 Å². The maximum atomic E-state index is 5.56. The van der Waals surface area contributed by atoms with Gasteiger partial charge in [0.05, 0.1) is 19.8 Å². The van der Waals surface area contributed by atoms with Gasteiger partial charge in [-0.3, -0.25) is 4.84 Å². The predicted octanol–water partition coefficient (Wildman–Crippen LogP) is 1.79. The van der Waals surface area contributed by atoms with Crippen LogP contribution in [0.1, 0.15) is 33.1 Å². The average molecular weight is 173 g/mol. The molecule has 0 amide bonds. The lowest BCUT2D eigenvalue weighted by Crippen LogP contribution is -2.30. The van der Waals surface area contributed by atoms with Crippen molar-refractivity contribution >= 4 is 0 Å². The van der Waals surface area contributed by atoms with Crippen molar-refractivity contribution in [3.63, 3.8) is 0 Å². The molecule has 1 aliphatic heterocycles. The summed E-state index contributed by atoms with van der Waals surface area (Å²) in [5, 5.41) is 1.97. The summed E-state index contributed by atoms with van der Waals surface area (Å²) >= 11 is 0. The quantitative estimate of drug-likeness (QED) is 0.592. The molecule has 0 aliphatic carbocycles. The zero-order valence-corrected chi connectivity index (χ0v) is 8.08. The zero-order chi connectivity index (χ0) is 8.81. The van der Waals surface area contributed by atoms with E-state index in [9.17, 15) is 0 Å². The molecule has 1 rings (SSSR count). The van der Waals surface area contributed by atoms with Crippen LogP contribution in [0.3, 0.4) is 0 Å². The molecule has 0 bridgehead atoms. The van der Waals surface area contributed by atoms with Crippen LogP contribution < -0.4 is 0 Å². The van der Waals surface area contributed by atoms with Gasteiger partial charge < -0.3 is 4.74 Å². The molecule has 12 heavy (non-hydrogen) atoms. The second-order valence-electron chi connectivity index (χ2n) is 3.06. The Morgan fingerprint density at radius 2 is 2.33 bits per heavy atom. The molecule has 1 aliphatic rings. The Balaban J connectivity index is 2.12. The van der Waals surface area contributed by atoms with Gasteiger partial charge >= 0.3 is 0 Å². The van der Waals surface area contributed by atoms with Crippen LogP contribution >= 0.6 is 0 Å². The molecule has 3 nitrogen and oxygen atoms in total. The first-order valence-electron chi connectivity index (χ1n) is 4.89. The third-order valence-corrected chi connectivity index (χ3v) is 2.05. The fourth-order valence-corrected chi connectivity index (χ4v) is 1.30. The summed E-state index contributed by atoms with van der Waals surface area (Å²) in [6, 6.07) is 0. The number of hydrogen-bond acceptors (Lipinski definition) is 3. The molecule has 3 heteroatoms.